The molecule has 2 aromatic carbocycles. The first-order chi connectivity index (χ1) is 16.3. The molecule has 0 fully saturated rings. The molecule has 0 aliphatic rings. The second-order valence-corrected chi connectivity index (χ2v) is 8.31. The molecule has 0 atom stereocenters. The van der Waals surface area contributed by atoms with E-state index in [0.717, 1.165) is 16.7 Å². The Bertz CT molecular complexity index is 1380. The highest BCUT2D eigenvalue weighted by Crippen LogP contribution is 2.27. The molecule has 0 aliphatic heterocycles. The number of hydrogen-bond acceptors (Lipinski definition) is 5. The van der Waals surface area contributed by atoms with E-state index >= 15 is 0 Å². The number of nitrogens with one attached hydrogen (secondary N) is 3. The normalized spacial score (nSPS) is 10.6. The lowest BCUT2D eigenvalue weighted by molar-refractivity contribution is 0.0950. The number of amides is 2. The first kappa shape index (κ1) is 23.3. The summed E-state index contributed by atoms with van der Waals surface area (Å²) in [6.45, 7) is 3.78. The molecule has 0 radical (unpaired) electrons. The molecule has 0 aliphatic carbocycles. The van der Waals surface area contributed by atoms with Gasteiger partial charge in [-0.15, -0.1) is 0 Å². The second kappa shape index (κ2) is 9.94. The molecule has 2 amide bonds. The maximum Gasteiger partial charge on any atom is 0.293 e. The Morgan fingerprint density at radius 3 is 2.41 bits per heavy atom. The van der Waals surface area contributed by atoms with Crippen LogP contribution in [0.2, 0.25) is 5.02 Å². The number of benzene rings is 2. The van der Waals surface area contributed by atoms with Crippen molar-refractivity contribution >= 4 is 52.1 Å². The van der Waals surface area contributed by atoms with Gasteiger partial charge in [-0.25, -0.2) is 0 Å². The predicted octanol–water partition coefficient (Wildman–Crippen LogP) is 6.19. The van der Waals surface area contributed by atoms with Crippen molar-refractivity contribution in [2.75, 3.05) is 10.6 Å². The number of aryl methyl sites for hydroxylation is 2. The van der Waals surface area contributed by atoms with Gasteiger partial charge in [0.25, 0.3) is 11.8 Å². The van der Waals surface area contributed by atoms with Crippen LogP contribution in [0.1, 0.15) is 32.2 Å². The van der Waals surface area contributed by atoms with Crippen LogP contribution in [0.4, 0.5) is 11.4 Å². The molecule has 4 rings (SSSR count). The summed E-state index contributed by atoms with van der Waals surface area (Å²) in [6.07, 6.45) is 1.43. The number of halogens is 1. The summed E-state index contributed by atoms with van der Waals surface area (Å²) >= 11 is 11.5. The molecule has 7 nitrogen and oxygen atoms in total. The van der Waals surface area contributed by atoms with Crippen molar-refractivity contribution in [3.05, 3.63) is 94.6 Å². The minimum Gasteiger partial charge on any atom is -0.459 e. The van der Waals surface area contributed by atoms with Gasteiger partial charge in [0.2, 0.25) is 0 Å². The van der Waals surface area contributed by atoms with Gasteiger partial charge in [-0.1, -0.05) is 29.8 Å². The minimum atomic E-state index is -0.498. The fraction of sp³-hybridized carbons (Fsp3) is 0.0800. The highest BCUT2D eigenvalue weighted by Gasteiger charge is 2.15. The van der Waals surface area contributed by atoms with Gasteiger partial charge < -0.3 is 19.5 Å². The number of hydrogen-bond donors (Lipinski definition) is 3. The molecule has 0 saturated carbocycles. The van der Waals surface area contributed by atoms with Gasteiger partial charge in [0.05, 0.1) is 6.26 Å². The Balaban J connectivity index is 1.40. The number of carbonyl (C=O) groups is 2. The lowest BCUT2D eigenvalue weighted by atomic mass is 10.1. The topological polar surface area (TPSA) is 96.5 Å². The molecule has 0 spiro atoms. The van der Waals surface area contributed by atoms with Gasteiger partial charge in [-0.05, 0) is 79.7 Å². The Labute approximate surface area is 206 Å². The Hall–Kier alpha value is -3.88. The Kier molecular flexibility index (Phi) is 6.81. The summed E-state index contributed by atoms with van der Waals surface area (Å²) < 4.78 is 10.8. The molecule has 0 bridgehead atoms. The Morgan fingerprint density at radius 2 is 1.68 bits per heavy atom. The number of rotatable bonds is 5. The van der Waals surface area contributed by atoms with E-state index in [0.29, 0.717) is 22.2 Å². The van der Waals surface area contributed by atoms with Crippen molar-refractivity contribution in [2.45, 2.75) is 13.8 Å². The van der Waals surface area contributed by atoms with Crippen LogP contribution >= 0.6 is 23.8 Å². The van der Waals surface area contributed by atoms with E-state index in [2.05, 4.69) is 16.0 Å². The van der Waals surface area contributed by atoms with E-state index in [1.165, 1.54) is 6.26 Å². The van der Waals surface area contributed by atoms with Crippen LogP contribution in [0.5, 0.6) is 0 Å². The number of carbonyl (C=O) groups excluding carboxylic acids is 2. The number of furan rings is 2. The molecule has 172 valence electrons. The van der Waals surface area contributed by atoms with Crippen LogP contribution in [-0.2, 0) is 0 Å². The van der Waals surface area contributed by atoms with E-state index in [4.69, 9.17) is 32.7 Å². The molecule has 4 aromatic rings. The Morgan fingerprint density at radius 1 is 0.882 bits per heavy atom. The summed E-state index contributed by atoms with van der Waals surface area (Å²) in [5, 5.41) is 9.02. The third-order valence-electron chi connectivity index (χ3n) is 5.00. The highest BCUT2D eigenvalue weighted by molar-refractivity contribution is 7.80. The first-order valence-electron chi connectivity index (χ1n) is 10.2. The minimum absolute atomic E-state index is 0.0824. The van der Waals surface area contributed by atoms with Crippen molar-refractivity contribution in [1.29, 1.82) is 0 Å². The van der Waals surface area contributed by atoms with Crippen LogP contribution in [0.25, 0.3) is 11.3 Å². The van der Waals surface area contributed by atoms with Crippen LogP contribution in [-0.4, -0.2) is 16.9 Å². The second-order valence-electron chi connectivity index (χ2n) is 7.50. The van der Waals surface area contributed by atoms with E-state index in [9.17, 15) is 9.59 Å². The summed E-state index contributed by atoms with van der Waals surface area (Å²) in [6, 6.07) is 17.3. The van der Waals surface area contributed by atoms with Crippen LogP contribution in [0.3, 0.4) is 0 Å². The van der Waals surface area contributed by atoms with Gasteiger partial charge >= 0.3 is 0 Å². The summed E-state index contributed by atoms with van der Waals surface area (Å²) in [4.78, 5) is 24.8. The van der Waals surface area contributed by atoms with E-state index in [-0.39, 0.29) is 22.5 Å². The van der Waals surface area contributed by atoms with E-state index in [1.54, 1.807) is 42.5 Å². The van der Waals surface area contributed by atoms with Crippen LogP contribution < -0.4 is 16.0 Å². The fourth-order valence-corrected chi connectivity index (χ4v) is 3.50. The average Bonchev–Trinajstić information content (AvgIpc) is 3.50. The predicted molar refractivity (Wildman–Crippen MR) is 135 cm³/mol. The smallest absolute Gasteiger partial charge is 0.293 e. The monoisotopic (exact) mass is 493 g/mol. The molecule has 0 unspecified atom stereocenters. The lowest BCUT2D eigenvalue weighted by Gasteiger charge is -2.13. The molecular weight excluding hydrogens is 474 g/mol. The summed E-state index contributed by atoms with van der Waals surface area (Å²) in [5.74, 6) is -0.0570. The number of thiocarbonyl (C=S) groups is 1. The molecule has 3 N–H and O–H groups in total. The molecule has 2 heterocycles. The van der Waals surface area contributed by atoms with Gasteiger partial charge in [0, 0.05) is 22.0 Å². The van der Waals surface area contributed by atoms with E-state index < -0.39 is 5.91 Å². The van der Waals surface area contributed by atoms with Crippen LogP contribution in [0, 0.1) is 13.8 Å². The lowest BCUT2D eigenvalue weighted by Crippen LogP contribution is -2.34. The third kappa shape index (κ3) is 5.36. The summed E-state index contributed by atoms with van der Waals surface area (Å²) in [5.41, 5.74) is 3.74. The molecule has 2 aromatic heterocycles. The SMILES string of the molecule is Cc1ccc(-c2ccc(C(=O)NC(=S)Nc3cc(NC(=O)c4ccco4)ccc3C)o2)cc1Cl. The van der Waals surface area contributed by atoms with Gasteiger partial charge in [-0.3, -0.25) is 14.9 Å². The van der Waals surface area contributed by atoms with Gasteiger partial charge in [0.1, 0.15) is 5.76 Å². The van der Waals surface area contributed by atoms with Gasteiger partial charge in [-0.2, -0.15) is 0 Å². The molecular formula is C25H20ClN3O4S. The maximum absolute atomic E-state index is 12.6. The average molecular weight is 494 g/mol. The van der Waals surface area contributed by atoms with Gasteiger partial charge in [0.15, 0.2) is 16.6 Å². The quantitative estimate of drug-likeness (QED) is 0.287. The molecule has 34 heavy (non-hydrogen) atoms. The zero-order valence-corrected chi connectivity index (χ0v) is 19.8. The standard InChI is InChI=1S/C25H20ClN3O4S/c1-14-5-7-16(12-18(14)26)20-9-10-22(33-20)24(31)29-25(34)28-19-13-17(8-6-15(19)2)27-23(30)21-4-3-11-32-21/h3-13H,1-2H3,(H,27,30)(H2,28,29,31,34). The van der Waals surface area contributed by atoms with Crippen molar-refractivity contribution in [1.82, 2.24) is 5.32 Å². The number of anilines is 2. The van der Waals surface area contributed by atoms with Crippen molar-refractivity contribution < 1.29 is 18.4 Å². The molecule has 9 heteroatoms. The maximum atomic E-state index is 12.6. The fourth-order valence-electron chi connectivity index (χ4n) is 3.11. The highest BCUT2D eigenvalue weighted by atomic mass is 35.5. The van der Waals surface area contributed by atoms with Crippen molar-refractivity contribution in [2.24, 2.45) is 0 Å². The molecule has 0 saturated heterocycles. The largest absolute Gasteiger partial charge is 0.459 e. The van der Waals surface area contributed by atoms with Crippen molar-refractivity contribution in [3.63, 3.8) is 0 Å². The third-order valence-corrected chi connectivity index (χ3v) is 5.61. The first-order valence-corrected chi connectivity index (χ1v) is 11.0. The van der Waals surface area contributed by atoms with E-state index in [1.807, 2.05) is 32.0 Å². The zero-order chi connectivity index (χ0) is 24.2. The van der Waals surface area contributed by atoms with Crippen LogP contribution in [0.15, 0.2) is 75.8 Å². The van der Waals surface area contributed by atoms with Crippen molar-refractivity contribution in [3.8, 4) is 11.3 Å². The zero-order valence-electron chi connectivity index (χ0n) is 18.3. The summed E-state index contributed by atoms with van der Waals surface area (Å²) in [7, 11) is 0.